The van der Waals surface area contributed by atoms with Crippen LogP contribution in [-0.4, -0.2) is 31.8 Å². The molecule has 1 aromatic rings. The lowest BCUT2D eigenvalue weighted by atomic mass is 10.3. The Morgan fingerprint density at radius 1 is 1.33 bits per heavy atom. The van der Waals surface area contributed by atoms with Gasteiger partial charge in [0.15, 0.2) is 6.10 Å². The van der Waals surface area contributed by atoms with Gasteiger partial charge in [0.2, 0.25) is 0 Å². The number of nitrogens with one attached hydrogen (secondary N) is 1. The van der Waals surface area contributed by atoms with E-state index in [9.17, 15) is 4.79 Å². The lowest BCUT2D eigenvalue weighted by Gasteiger charge is -2.18. The zero-order valence-corrected chi connectivity index (χ0v) is 11.5. The van der Waals surface area contributed by atoms with Crippen molar-refractivity contribution in [1.82, 2.24) is 5.32 Å². The van der Waals surface area contributed by atoms with Crippen molar-refractivity contribution in [1.29, 1.82) is 0 Å². The van der Waals surface area contributed by atoms with Gasteiger partial charge >= 0.3 is 0 Å². The fraction of sp³-hybridized carbons (Fsp3) is 0.462. The summed E-state index contributed by atoms with van der Waals surface area (Å²) in [5.41, 5.74) is 0. The third-order valence-electron chi connectivity index (χ3n) is 2.30. The van der Waals surface area contributed by atoms with Crippen LogP contribution in [0.5, 0.6) is 5.75 Å². The third kappa shape index (κ3) is 4.94. The summed E-state index contributed by atoms with van der Waals surface area (Å²) in [6.45, 7) is 4.04. The SMILES string of the molecule is COC[C@H](C)NC(=O)[C@H](C)Oc1ccc(Cl)cc1. The van der Waals surface area contributed by atoms with Crippen molar-refractivity contribution in [3.8, 4) is 5.75 Å². The third-order valence-corrected chi connectivity index (χ3v) is 2.55. The standard InChI is InChI=1S/C13H18ClNO3/c1-9(8-17-3)15-13(16)10(2)18-12-6-4-11(14)5-7-12/h4-7,9-10H,8H2,1-3H3,(H,15,16)/t9-,10-/m0/s1. The Kier molecular flexibility index (Phi) is 5.95. The summed E-state index contributed by atoms with van der Waals surface area (Å²) in [7, 11) is 1.59. The molecule has 0 saturated heterocycles. The maximum absolute atomic E-state index is 11.8. The van der Waals surface area contributed by atoms with Crippen LogP contribution in [0.15, 0.2) is 24.3 Å². The highest BCUT2D eigenvalue weighted by atomic mass is 35.5. The van der Waals surface area contributed by atoms with Crippen LogP contribution < -0.4 is 10.1 Å². The van der Waals surface area contributed by atoms with E-state index in [4.69, 9.17) is 21.1 Å². The highest BCUT2D eigenvalue weighted by Crippen LogP contribution is 2.16. The molecule has 0 aliphatic rings. The fourth-order valence-corrected chi connectivity index (χ4v) is 1.55. The number of rotatable bonds is 6. The van der Waals surface area contributed by atoms with Gasteiger partial charge < -0.3 is 14.8 Å². The first-order valence-electron chi connectivity index (χ1n) is 5.74. The number of hydrogen-bond donors (Lipinski definition) is 1. The number of amides is 1. The quantitative estimate of drug-likeness (QED) is 0.863. The van der Waals surface area contributed by atoms with Gasteiger partial charge in [-0.1, -0.05) is 11.6 Å². The van der Waals surface area contributed by atoms with Crippen molar-refractivity contribution in [3.63, 3.8) is 0 Å². The van der Waals surface area contributed by atoms with Gasteiger partial charge in [-0.15, -0.1) is 0 Å². The first kappa shape index (κ1) is 14.8. The molecule has 0 radical (unpaired) electrons. The lowest BCUT2D eigenvalue weighted by molar-refractivity contribution is -0.128. The van der Waals surface area contributed by atoms with Crippen molar-refractivity contribution in [2.75, 3.05) is 13.7 Å². The molecule has 5 heteroatoms. The number of carbonyl (C=O) groups excluding carboxylic acids is 1. The molecule has 100 valence electrons. The molecular weight excluding hydrogens is 254 g/mol. The largest absolute Gasteiger partial charge is 0.481 e. The van der Waals surface area contributed by atoms with Crippen molar-refractivity contribution in [3.05, 3.63) is 29.3 Å². The summed E-state index contributed by atoms with van der Waals surface area (Å²) < 4.78 is 10.4. The molecule has 0 aliphatic carbocycles. The van der Waals surface area contributed by atoms with Crippen molar-refractivity contribution < 1.29 is 14.3 Å². The summed E-state index contributed by atoms with van der Waals surface area (Å²) in [4.78, 5) is 11.8. The van der Waals surface area contributed by atoms with Crippen LogP contribution in [0.2, 0.25) is 5.02 Å². The van der Waals surface area contributed by atoms with Crippen LogP contribution >= 0.6 is 11.6 Å². The molecular formula is C13H18ClNO3. The predicted octanol–water partition coefficient (Wildman–Crippen LogP) is 2.26. The van der Waals surface area contributed by atoms with Crippen LogP contribution in [-0.2, 0) is 9.53 Å². The topological polar surface area (TPSA) is 47.6 Å². The zero-order chi connectivity index (χ0) is 13.5. The summed E-state index contributed by atoms with van der Waals surface area (Å²) in [5.74, 6) is 0.441. The molecule has 18 heavy (non-hydrogen) atoms. The Bertz CT molecular complexity index is 380. The Balaban J connectivity index is 2.46. The van der Waals surface area contributed by atoms with Gasteiger partial charge in [0.05, 0.1) is 6.61 Å². The molecule has 1 rings (SSSR count). The first-order chi connectivity index (χ1) is 8.52. The fourth-order valence-electron chi connectivity index (χ4n) is 1.42. The van der Waals surface area contributed by atoms with Crippen LogP contribution in [0.4, 0.5) is 0 Å². The molecule has 1 N–H and O–H groups in total. The van der Waals surface area contributed by atoms with Crippen LogP contribution in [0.25, 0.3) is 0 Å². The zero-order valence-electron chi connectivity index (χ0n) is 10.8. The van der Waals surface area contributed by atoms with Crippen LogP contribution in [0.1, 0.15) is 13.8 Å². The molecule has 0 bridgehead atoms. The lowest BCUT2D eigenvalue weighted by Crippen LogP contribution is -2.43. The van der Waals surface area contributed by atoms with Gasteiger partial charge in [0.25, 0.3) is 5.91 Å². The van der Waals surface area contributed by atoms with Gasteiger partial charge in [-0.2, -0.15) is 0 Å². The van der Waals surface area contributed by atoms with Crippen molar-refractivity contribution in [2.24, 2.45) is 0 Å². The Morgan fingerprint density at radius 2 is 1.94 bits per heavy atom. The smallest absolute Gasteiger partial charge is 0.261 e. The molecule has 0 saturated carbocycles. The van der Waals surface area contributed by atoms with E-state index in [-0.39, 0.29) is 11.9 Å². The highest BCUT2D eigenvalue weighted by Gasteiger charge is 2.16. The Morgan fingerprint density at radius 3 is 2.50 bits per heavy atom. The molecule has 0 spiro atoms. The van der Waals surface area contributed by atoms with Crippen LogP contribution in [0, 0.1) is 0 Å². The molecule has 0 aromatic heterocycles. The normalized spacial score (nSPS) is 13.8. The highest BCUT2D eigenvalue weighted by molar-refractivity contribution is 6.30. The van der Waals surface area contributed by atoms with Crippen LogP contribution in [0.3, 0.4) is 0 Å². The minimum absolute atomic E-state index is 0.0428. The Labute approximate surface area is 112 Å². The minimum atomic E-state index is -0.564. The van der Waals surface area contributed by atoms with Gasteiger partial charge in [0.1, 0.15) is 5.75 Å². The van der Waals surface area contributed by atoms with Gasteiger partial charge in [-0.05, 0) is 38.1 Å². The van der Waals surface area contributed by atoms with E-state index in [1.165, 1.54) is 0 Å². The molecule has 0 unspecified atom stereocenters. The number of halogens is 1. The molecule has 2 atom stereocenters. The molecule has 1 aromatic carbocycles. The van der Waals surface area contributed by atoms with Gasteiger partial charge in [-0.25, -0.2) is 0 Å². The summed E-state index contributed by atoms with van der Waals surface area (Å²) in [5, 5.41) is 3.43. The van der Waals surface area contributed by atoms with Gasteiger partial charge in [0, 0.05) is 18.2 Å². The molecule has 0 aliphatic heterocycles. The number of benzene rings is 1. The van der Waals surface area contributed by atoms with Crippen molar-refractivity contribution >= 4 is 17.5 Å². The van der Waals surface area contributed by atoms with E-state index in [1.807, 2.05) is 6.92 Å². The molecule has 0 fully saturated rings. The second-order valence-electron chi connectivity index (χ2n) is 4.08. The maximum atomic E-state index is 11.8. The van der Waals surface area contributed by atoms with Gasteiger partial charge in [-0.3, -0.25) is 4.79 Å². The van der Waals surface area contributed by atoms with E-state index >= 15 is 0 Å². The number of methoxy groups -OCH3 is 1. The van der Waals surface area contributed by atoms with E-state index in [1.54, 1.807) is 38.3 Å². The Hall–Kier alpha value is -1.26. The van der Waals surface area contributed by atoms with E-state index in [2.05, 4.69) is 5.32 Å². The van der Waals surface area contributed by atoms with Crippen molar-refractivity contribution in [2.45, 2.75) is 26.0 Å². The molecule has 0 heterocycles. The van der Waals surface area contributed by atoms with E-state index in [0.29, 0.717) is 17.4 Å². The van der Waals surface area contributed by atoms with E-state index < -0.39 is 6.10 Å². The summed E-state index contributed by atoms with van der Waals surface area (Å²) >= 11 is 5.77. The molecule has 4 nitrogen and oxygen atoms in total. The first-order valence-corrected chi connectivity index (χ1v) is 6.12. The summed E-state index contributed by atoms with van der Waals surface area (Å²) in [6.07, 6.45) is -0.564. The van der Waals surface area contributed by atoms with E-state index in [0.717, 1.165) is 0 Å². The molecule has 1 amide bonds. The minimum Gasteiger partial charge on any atom is -0.481 e. The summed E-state index contributed by atoms with van der Waals surface area (Å²) in [6, 6.07) is 6.85. The monoisotopic (exact) mass is 271 g/mol. The second kappa shape index (κ2) is 7.24. The predicted molar refractivity (Wildman–Crippen MR) is 71.0 cm³/mol. The maximum Gasteiger partial charge on any atom is 0.261 e. The number of ether oxygens (including phenoxy) is 2. The average Bonchev–Trinajstić information content (AvgIpc) is 2.32. The average molecular weight is 272 g/mol. The second-order valence-corrected chi connectivity index (χ2v) is 4.52. The number of carbonyl (C=O) groups is 1. The number of hydrogen-bond acceptors (Lipinski definition) is 3.